The van der Waals surface area contributed by atoms with Crippen LogP contribution in [0.5, 0.6) is 5.75 Å². The van der Waals surface area contributed by atoms with E-state index in [2.05, 4.69) is 5.32 Å². The van der Waals surface area contributed by atoms with Crippen molar-refractivity contribution in [3.63, 3.8) is 0 Å². The van der Waals surface area contributed by atoms with Gasteiger partial charge in [-0.25, -0.2) is 0 Å². The van der Waals surface area contributed by atoms with Crippen molar-refractivity contribution >= 4 is 17.6 Å². The molecule has 0 fully saturated rings. The number of aliphatic carboxylic acids is 1. The van der Waals surface area contributed by atoms with Crippen molar-refractivity contribution in [2.75, 3.05) is 5.32 Å². The maximum atomic E-state index is 11.2. The van der Waals surface area contributed by atoms with Crippen LogP contribution in [0, 0.1) is 0 Å². The van der Waals surface area contributed by atoms with Crippen LogP contribution in [0.25, 0.3) is 0 Å². The normalized spacial score (nSPS) is 19.2. The van der Waals surface area contributed by atoms with E-state index >= 15 is 0 Å². The Balaban J connectivity index is 2.55. The third kappa shape index (κ3) is 1.52. The molecule has 0 saturated heterocycles. The smallest absolute Gasteiger partial charge is 0.311 e. The Labute approximate surface area is 85.3 Å². The van der Waals surface area contributed by atoms with Crippen molar-refractivity contribution in [2.24, 2.45) is 0 Å². The Morgan fingerprint density at radius 3 is 2.87 bits per heavy atom. The molecule has 5 nitrogen and oxygen atoms in total. The van der Waals surface area contributed by atoms with Gasteiger partial charge in [0.25, 0.3) is 0 Å². The van der Waals surface area contributed by atoms with E-state index < -0.39 is 17.8 Å². The summed E-state index contributed by atoms with van der Waals surface area (Å²) in [6.45, 7) is 0. The molecule has 0 saturated carbocycles. The van der Waals surface area contributed by atoms with Crippen LogP contribution in [0.4, 0.5) is 5.69 Å². The molecule has 1 amide bonds. The number of rotatable bonds is 1. The van der Waals surface area contributed by atoms with Crippen molar-refractivity contribution in [3.8, 4) is 5.75 Å². The molecule has 5 heteroatoms. The maximum absolute atomic E-state index is 11.2. The predicted molar refractivity (Wildman–Crippen MR) is 51.7 cm³/mol. The Bertz CT molecular complexity index is 441. The lowest BCUT2D eigenvalue weighted by Crippen LogP contribution is -2.27. The second-order valence-corrected chi connectivity index (χ2v) is 3.38. The summed E-state index contributed by atoms with van der Waals surface area (Å²) in [4.78, 5) is 22.1. The number of carboxylic acids is 1. The predicted octanol–water partition coefficient (Wildman–Crippen LogP) is 0.903. The first-order chi connectivity index (χ1) is 7.09. The van der Waals surface area contributed by atoms with Crippen molar-refractivity contribution in [1.82, 2.24) is 0 Å². The number of anilines is 1. The van der Waals surface area contributed by atoms with E-state index in [1.54, 1.807) is 12.1 Å². The van der Waals surface area contributed by atoms with Gasteiger partial charge in [0.05, 0.1) is 11.6 Å². The minimum atomic E-state index is -1.06. The van der Waals surface area contributed by atoms with E-state index in [0.717, 1.165) is 0 Å². The molecule has 1 heterocycles. The highest BCUT2D eigenvalue weighted by atomic mass is 16.4. The number of amides is 1. The van der Waals surface area contributed by atoms with Gasteiger partial charge < -0.3 is 15.5 Å². The van der Waals surface area contributed by atoms with Crippen LogP contribution in [0.2, 0.25) is 0 Å². The number of hydrogen-bond donors (Lipinski definition) is 3. The van der Waals surface area contributed by atoms with Gasteiger partial charge >= 0.3 is 5.97 Å². The highest BCUT2D eigenvalue weighted by Crippen LogP contribution is 2.37. The van der Waals surface area contributed by atoms with Gasteiger partial charge in [-0.15, -0.1) is 0 Å². The van der Waals surface area contributed by atoms with Crippen LogP contribution in [-0.2, 0) is 9.59 Å². The molecule has 1 unspecified atom stereocenters. The summed E-state index contributed by atoms with van der Waals surface area (Å²) in [5, 5.41) is 20.9. The SMILES string of the molecule is O=C1CC(C(=O)O)c2cccc(O)c2N1. The standard InChI is InChI=1S/C10H9NO4/c12-7-3-1-2-5-6(10(14)15)4-8(13)11-9(5)7/h1-3,6,12H,4H2,(H,11,13)(H,14,15). The molecule has 1 aliphatic rings. The van der Waals surface area contributed by atoms with Crippen molar-refractivity contribution < 1.29 is 19.8 Å². The number of phenolic OH excluding ortho intramolecular Hbond substituents is 1. The van der Waals surface area contributed by atoms with Crippen molar-refractivity contribution in [1.29, 1.82) is 0 Å². The van der Waals surface area contributed by atoms with E-state index in [1.165, 1.54) is 6.07 Å². The number of aromatic hydroxyl groups is 1. The van der Waals surface area contributed by atoms with Crippen LogP contribution in [-0.4, -0.2) is 22.1 Å². The molecule has 78 valence electrons. The molecule has 0 bridgehead atoms. The third-order valence-electron chi connectivity index (χ3n) is 2.40. The minimum absolute atomic E-state index is 0.0915. The molecule has 0 aromatic heterocycles. The van der Waals surface area contributed by atoms with E-state index in [1.807, 2.05) is 0 Å². The summed E-state index contributed by atoms with van der Waals surface area (Å²) < 4.78 is 0. The van der Waals surface area contributed by atoms with Gasteiger partial charge in [-0.05, 0) is 11.6 Å². The minimum Gasteiger partial charge on any atom is -0.506 e. The van der Waals surface area contributed by atoms with Gasteiger partial charge in [0.15, 0.2) is 0 Å². The number of hydrogen-bond acceptors (Lipinski definition) is 3. The first-order valence-electron chi connectivity index (χ1n) is 4.44. The van der Waals surface area contributed by atoms with Gasteiger partial charge in [0, 0.05) is 6.42 Å². The summed E-state index contributed by atoms with van der Waals surface area (Å²) in [5.74, 6) is -2.43. The van der Waals surface area contributed by atoms with Gasteiger partial charge in [0.2, 0.25) is 5.91 Å². The number of nitrogens with one attached hydrogen (secondary N) is 1. The maximum Gasteiger partial charge on any atom is 0.311 e. The average molecular weight is 207 g/mol. The molecule has 0 aliphatic carbocycles. The number of phenols is 1. The monoisotopic (exact) mass is 207 g/mol. The second kappa shape index (κ2) is 3.27. The number of carbonyl (C=O) groups excluding carboxylic acids is 1. The van der Waals surface area contributed by atoms with Crippen LogP contribution in [0.15, 0.2) is 18.2 Å². The summed E-state index contributed by atoms with van der Waals surface area (Å²) >= 11 is 0. The number of fused-ring (bicyclic) bond motifs is 1. The molecule has 1 aliphatic heterocycles. The summed E-state index contributed by atoms with van der Waals surface area (Å²) in [5.41, 5.74) is 0.656. The molecule has 1 aromatic rings. The highest BCUT2D eigenvalue weighted by molar-refractivity contribution is 6.00. The molecule has 1 aromatic carbocycles. The van der Waals surface area contributed by atoms with Gasteiger partial charge in [-0.1, -0.05) is 12.1 Å². The molecule has 0 spiro atoms. The molecule has 3 N–H and O–H groups in total. The Morgan fingerprint density at radius 1 is 1.47 bits per heavy atom. The Morgan fingerprint density at radius 2 is 2.20 bits per heavy atom. The van der Waals surface area contributed by atoms with Gasteiger partial charge in [-0.2, -0.15) is 0 Å². The van der Waals surface area contributed by atoms with Crippen LogP contribution < -0.4 is 5.32 Å². The van der Waals surface area contributed by atoms with Gasteiger partial charge in [0.1, 0.15) is 5.75 Å². The molecule has 0 radical (unpaired) electrons. The second-order valence-electron chi connectivity index (χ2n) is 3.38. The van der Waals surface area contributed by atoms with E-state index in [4.69, 9.17) is 5.11 Å². The van der Waals surface area contributed by atoms with Crippen LogP contribution in [0.1, 0.15) is 17.9 Å². The average Bonchev–Trinajstić information content (AvgIpc) is 2.18. The number of carbonyl (C=O) groups is 2. The summed E-state index contributed by atoms with van der Waals surface area (Å²) in [6, 6.07) is 4.55. The number of benzene rings is 1. The topological polar surface area (TPSA) is 86.6 Å². The summed E-state index contributed by atoms with van der Waals surface area (Å²) in [6.07, 6.45) is -0.0915. The zero-order chi connectivity index (χ0) is 11.0. The van der Waals surface area contributed by atoms with Crippen LogP contribution in [0.3, 0.4) is 0 Å². The fourth-order valence-electron chi connectivity index (χ4n) is 1.69. The zero-order valence-electron chi connectivity index (χ0n) is 7.73. The molecule has 2 rings (SSSR count). The fourth-order valence-corrected chi connectivity index (χ4v) is 1.69. The highest BCUT2D eigenvalue weighted by Gasteiger charge is 2.31. The van der Waals surface area contributed by atoms with Crippen molar-refractivity contribution in [3.05, 3.63) is 23.8 Å². The van der Waals surface area contributed by atoms with E-state index in [0.29, 0.717) is 5.56 Å². The first-order valence-corrected chi connectivity index (χ1v) is 4.44. The Kier molecular flexibility index (Phi) is 2.07. The molecule has 1 atom stereocenters. The molecular formula is C10H9NO4. The van der Waals surface area contributed by atoms with Gasteiger partial charge in [-0.3, -0.25) is 9.59 Å². The number of carboxylic acid groups (broad SMARTS) is 1. The lowest BCUT2D eigenvalue weighted by Gasteiger charge is -2.22. The largest absolute Gasteiger partial charge is 0.506 e. The van der Waals surface area contributed by atoms with Crippen molar-refractivity contribution in [2.45, 2.75) is 12.3 Å². The van der Waals surface area contributed by atoms with E-state index in [-0.39, 0.29) is 17.9 Å². The summed E-state index contributed by atoms with van der Waals surface area (Å²) in [7, 11) is 0. The molecule has 15 heavy (non-hydrogen) atoms. The number of para-hydroxylation sites is 1. The first kappa shape index (κ1) is 9.51. The van der Waals surface area contributed by atoms with E-state index in [9.17, 15) is 14.7 Å². The van der Waals surface area contributed by atoms with Crippen LogP contribution >= 0.6 is 0 Å². The quantitative estimate of drug-likeness (QED) is 0.597. The third-order valence-corrected chi connectivity index (χ3v) is 2.40. The molecular weight excluding hydrogens is 198 g/mol. The lowest BCUT2D eigenvalue weighted by atomic mass is 9.90. The Hall–Kier alpha value is -2.04. The fraction of sp³-hybridized carbons (Fsp3) is 0.200. The lowest BCUT2D eigenvalue weighted by molar-refractivity contribution is -0.140. The zero-order valence-corrected chi connectivity index (χ0v) is 7.73.